The van der Waals surface area contributed by atoms with Crippen LogP contribution in [0.5, 0.6) is 0 Å². The van der Waals surface area contributed by atoms with Crippen LogP contribution >= 0.6 is 11.6 Å². The Morgan fingerprint density at radius 3 is 2.10 bits per heavy atom. The van der Waals surface area contributed by atoms with Crippen LogP contribution in [-0.4, -0.2) is 11.8 Å². The van der Waals surface area contributed by atoms with E-state index < -0.39 is 11.8 Å². The van der Waals surface area contributed by atoms with Crippen LogP contribution in [0.2, 0.25) is 0 Å². The average molecular weight is 169 g/mol. The van der Waals surface area contributed by atoms with Crippen molar-refractivity contribution in [2.45, 2.75) is 37.5 Å². The lowest BCUT2D eigenvalue weighted by Crippen LogP contribution is -2.19. The molecule has 0 aliphatic heterocycles. The summed E-state index contributed by atoms with van der Waals surface area (Å²) < 4.78 is 23.9. The quantitative estimate of drug-likeness (QED) is 0.556. The van der Waals surface area contributed by atoms with Gasteiger partial charge in [-0.25, -0.2) is 8.78 Å². The van der Waals surface area contributed by atoms with Gasteiger partial charge in [0.25, 0.3) is 6.43 Å². The minimum Gasteiger partial charge on any atom is -0.209 e. The highest BCUT2D eigenvalue weighted by Gasteiger charge is 2.29. The summed E-state index contributed by atoms with van der Waals surface area (Å²) in [6.07, 6.45) is 1.57. The van der Waals surface area contributed by atoms with Crippen LogP contribution in [0.1, 0.15) is 25.7 Å². The normalized spacial score (nSPS) is 24.0. The van der Waals surface area contributed by atoms with E-state index in [4.69, 9.17) is 11.6 Å². The van der Waals surface area contributed by atoms with Crippen molar-refractivity contribution in [2.75, 3.05) is 0 Å². The number of halogens is 3. The predicted molar refractivity (Wildman–Crippen MR) is 37.6 cm³/mol. The third kappa shape index (κ3) is 1.82. The van der Waals surface area contributed by atoms with Gasteiger partial charge in [-0.3, -0.25) is 0 Å². The van der Waals surface area contributed by atoms with E-state index in [2.05, 4.69) is 0 Å². The molecule has 3 heteroatoms. The topological polar surface area (TPSA) is 0 Å². The largest absolute Gasteiger partial charge is 0.255 e. The van der Waals surface area contributed by atoms with Crippen LogP contribution < -0.4 is 0 Å². The van der Waals surface area contributed by atoms with E-state index in [-0.39, 0.29) is 5.92 Å². The minimum atomic E-state index is -2.34. The maximum Gasteiger partial charge on any atom is 0.255 e. The Kier molecular flexibility index (Phi) is 2.90. The highest BCUT2D eigenvalue weighted by molar-refractivity contribution is 6.21. The third-order valence-electron chi connectivity index (χ3n) is 2.09. The van der Waals surface area contributed by atoms with Crippen molar-refractivity contribution >= 4 is 11.6 Å². The van der Waals surface area contributed by atoms with Gasteiger partial charge in [0.1, 0.15) is 0 Å². The first kappa shape index (κ1) is 8.25. The second kappa shape index (κ2) is 3.51. The molecule has 0 saturated heterocycles. The summed E-state index contributed by atoms with van der Waals surface area (Å²) in [6, 6.07) is 0. The molecule has 0 spiro atoms. The molecule has 0 nitrogen and oxygen atoms in total. The molecule has 0 bridgehead atoms. The second-order valence-electron chi connectivity index (χ2n) is 2.82. The monoisotopic (exact) mass is 168 g/mol. The standard InChI is InChI=1S/C7H11ClF2/c8-6(7(9)10)5-3-1-2-4-5/h5-7H,1-4H2. The minimum absolute atomic E-state index is 0.0710. The summed E-state index contributed by atoms with van der Waals surface area (Å²) in [6.45, 7) is 0. The molecule has 0 heterocycles. The zero-order valence-electron chi connectivity index (χ0n) is 5.69. The van der Waals surface area contributed by atoms with Crippen molar-refractivity contribution in [2.24, 2.45) is 5.92 Å². The molecule has 1 unspecified atom stereocenters. The smallest absolute Gasteiger partial charge is 0.209 e. The van der Waals surface area contributed by atoms with Gasteiger partial charge in [0.05, 0.1) is 5.38 Å². The Balaban J connectivity index is 2.32. The summed E-state index contributed by atoms with van der Waals surface area (Å²) in [5.41, 5.74) is 0. The number of hydrogen-bond donors (Lipinski definition) is 0. The second-order valence-corrected chi connectivity index (χ2v) is 3.33. The van der Waals surface area contributed by atoms with Crippen LogP contribution in [0.25, 0.3) is 0 Å². The van der Waals surface area contributed by atoms with Gasteiger partial charge < -0.3 is 0 Å². The van der Waals surface area contributed by atoms with Crippen molar-refractivity contribution in [3.63, 3.8) is 0 Å². The molecule has 10 heavy (non-hydrogen) atoms. The Labute approximate surface area is 64.6 Å². The summed E-state index contributed by atoms with van der Waals surface area (Å²) in [5, 5.41) is -0.900. The van der Waals surface area contributed by atoms with Gasteiger partial charge in [-0.15, -0.1) is 11.6 Å². The van der Waals surface area contributed by atoms with Crippen molar-refractivity contribution in [3.8, 4) is 0 Å². The molecule has 1 saturated carbocycles. The van der Waals surface area contributed by atoms with Crippen LogP contribution in [0.3, 0.4) is 0 Å². The molecule has 1 fully saturated rings. The van der Waals surface area contributed by atoms with E-state index in [0.717, 1.165) is 25.7 Å². The third-order valence-corrected chi connectivity index (χ3v) is 2.64. The van der Waals surface area contributed by atoms with Crippen LogP contribution in [0.4, 0.5) is 8.78 Å². The van der Waals surface area contributed by atoms with E-state index in [1.54, 1.807) is 0 Å². The Hall–Kier alpha value is 0.150. The van der Waals surface area contributed by atoms with Gasteiger partial charge in [-0.2, -0.15) is 0 Å². The molecule has 1 aliphatic carbocycles. The van der Waals surface area contributed by atoms with E-state index >= 15 is 0 Å². The fourth-order valence-electron chi connectivity index (χ4n) is 1.48. The molecule has 1 atom stereocenters. The summed E-state index contributed by atoms with van der Waals surface area (Å²) in [4.78, 5) is 0. The first-order valence-corrected chi connectivity index (χ1v) is 4.07. The zero-order chi connectivity index (χ0) is 7.56. The first-order chi connectivity index (χ1) is 4.72. The van der Waals surface area contributed by atoms with Gasteiger partial charge in [0.15, 0.2) is 0 Å². The van der Waals surface area contributed by atoms with Crippen molar-refractivity contribution in [3.05, 3.63) is 0 Å². The van der Waals surface area contributed by atoms with Gasteiger partial charge in [0.2, 0.25) is 0 Å². The average Bonchev–Trinajstić information content (AvgIpc) is 2.36. The molecule has 0 amide bonds. The van der Waals surface area contributed by atoms with Crippen molar-refractivity contribution in [1.29, 1.82) is 0 Å². The van der Waals surface area contributed by atoms with Gasteiger partial charge >= 0.3 is 0 Å². The molecule has 0 aromatic rings. The van der Waals surface area contributed by atoms with E-state index in [1.165, 1.54) is 0 Å². The van der Waals surface area contributed by atoms with Crippen LogP contribution in [0, 0.1) is 5.92 Å². The van der Waals surface area contributed by atoms with E-state index in [0.29, 0.717) is 0 Å². The van der Waals surface area contributed by atoms with Crippen molar-refractivity contribution < 1.29 is 8.78 Å². The lowest BCUT2D eigenvalue weighted by atomic mass is 10.0. The molecule has 1 rings (SSSR count). The van der Waals surface area contributed by atoms with Gasteiger partial charge in [-0.1, -0.05) is 12.8 Å². The Morgan fingerprint density at radius 1 is 1.20 bits per heavy atom. The molecule has 1 aliphatic rings. The van der Waals surface area contributed by atoms with Gasteiger partial charge in [-0.05, 0) is 18.8 Å². The fraction of sp³-hybridized carbons (Fsp3) is 1.00. The molecule has 60 valence electrons. The highest BCUT2D eigenvalue weighted by Crippen LogP contribution is 2.33. The van der Waals surface area contributed by atoms with Crippen molar-refractivity contribution in [1.82, 2.24) is 0 Å². The number of alkyl halides is 3. The lowest BCUT2D eigenvalue weighted by Gasteiger charge is -2.14. The molecular weight excluding hydrogens is 158 g/mol. The lowest BCUT2D eigenvalue weighted by molar-refractivity contribution is 0.121. The first-order valence-electron chi connectivity index (χ1n) is 3.64. The predicted octanol–water partition coefficient (Wildman–Crippen LogP) is 3.05. The molecule has 0 aromatic heterocycles. The maximum absolute atomic E-state index is 11.9. The zero-order valence-corrected chi connectivity index (χ0v) is 6.45. The van der Waals surface area contributed by atoms with E-state index in [1.807, 2.05) is 0 Å². The fourth-order valence-corrected chi connectivity index (χ4v) is 1.73. The SMILES string of the molecule is FC(F)C(Cl)C1CCCC1. The maximum atomic E-state index is 11.9. The Bertz CT molecular complexity index is 99.8. The molecule has 0 N–H and O–H groups in total. The van der Waals surface area contributed by atoms with Crippen LogP contribution in [0.15, 0.2) is 0 Å². The molecule has 0 aromatic carbocycles. The summed E-state index contributed by atoms with van der Waals surface area (Å²) in [7, 11) is 0. The summed E-state index contributed by atoms with van der Waals surface area (Å²) in [5.74, 6) is 0.0710. The van der Waals surface area contributed by atoms with Gasteiger partial charge in [0, 0.05) is 0 Å². The number of hydrogen-bond acceptors (Lipinski definition) is 0. The number of rotatable bonds is 2. The highest BCUT2D eigenvalue weighted by atomic mass is 35.5. The van der Waals surface area contributed by atoms with Crippen LogP contribution in [-0.2, 0) is 0 Å². The summed E-state index contributed by atoms with van der Waals surface area (Å²) >= 11 is 5.47. The Morgan fingerprint density at radius 2 is 1.70 bits per heavy atom. The van der Waals surface area contributed by atoms with E-state index in [9.17, 15) is 8.78 Å². The molecule has 0 radical (unpaired) electrons. The molecular formula is C7H11ClF2.